The smallest absolute Gasteiger partial charge is 0.410 e. The van der Waals surface area contributed by atoms with Crippen molar-refractivity contribution in [3.63, 3.8) is 0 Å². The van der Waals surface area contributed by atoms with E-state index < -0.39 is 0 Å². The van der Waals surface area contributed by atoms with Crippen LogP contribution in [0.2, 0.25) is 0 Å². The number of rotatable bonds is 7. The van der Waals surface area contributed by atoms with Crippen molar-refractivity contribution in [1.29, 1.82) is 0 Å². The van der Waals surface area contributed by atoms with Crippen LogP contribution < -0.4 is 5.32 Å². The predicted molar refractivity (Wildman–Crippen MR) is 144 cm³/mol. The molecular weight excluding hydrogens is 468 g/mol. The number of likely N-dealkylation sites (tertiary alicyclic amines) is 2. The van der Waals surface area contributed by atoms with Crippen LogP contribution in [0.15, 0.2) is 42.6 Å². The van der Waals surface area contributed by atoms with Gasteiger partial charge in [0.05, 0.1) is 0 Å². The van der Waals surface area contributed by atoms with Crippen molar-refractivity contribution in [2.45, 2.75) is 65.5 Å². The molecular formula is C29H40N4O4. The number of benzene rings is 1. The summed E-state index contributed by atoms with van der Waals surface area (Å²) in [6.45, 7) is 7.60. The third-order valence-electron chi connectivity index (χ3n) is 6.92. The number of carbonyl (C=O) groups excluding carboxylic acids is 3. The molecule has 2 aromatic rings. The van der Waals surface area contributed by atoms with Crippen LogP contribution in [0.5, 0.6) is 0 Å². The molecule has 0 aliphatic carbocycles. The van der Waals surface area contributed by atoms with Crippen molar-refractivity contribution < 1.29 is 19.1 Å². The Bertz CT molecular complexity index is 1050. The first-order valence-electron chi connectivity index (χ1n) is 13.2. The molecule has 0 saturated carbocycles. The van der Waals surface area contributed by atoms with Gasteiger partial charge in [0.2, 0.25) is 5.91 Å². The lowest BCUT2D eigenvalue weighted by atomic mass is 10.0. The molecule has 2 saturated heterocycles. The van der Waals surface area contributed by atoms with Gasteiger partial charge in [-0.3, -0.25) is 14.6 Å². The Morgan fingerprint density at radius 3 is 2.51 bits per heavy atom. The lowest BCUT2D eigenvalue weighted by Crippen LogP contribution is -2.47. The molecule has 3 heterocycles. The molecule has 4 rings (SSSR count). The highest BCUT2D eigenvalue weighted by Crippen LogP contribution is 2.26. The van der Waals surface area contributed by atoms with Gasteiger partial charge in [0, 0.05) is 62.6 Å². The average molecular weight is 509 g/mol. The second-order valence-electron chi connectivity index (χ2n) is 9.86. The monoisotopic (exact) mass is 508 g/mol. The zero-order valence-corrected chi connectivity index (χ0v) is 22.5. The van der Waals surface area contributed by atoms with Crippen LogP contribution in [0, 0.1) is 12.8 Å². The number of piperidine rings is 1. The number of hydrogen-bond donors (Lipinski definition) is 1. The summed E-state index contributed by atoms with van der Waals surface area (Å²) in [6, 6.07) is 12.1. The summed E-state index contributed by atoms with van der Waals surface area (Å²) in [7, 11) is 1.86. The summed E-state index contributed by atoms with van der Waals surface area (Å²) in [4.78, 5) is 43.9. The minimum Gasteiger partial charge on any atom is -0.445 e. The molecule has 1 aromatic carbocycles. The fourth-order valence-corrected chi connectivity index (χ4v) is 4.85. The summed E-state index contributed by atoms with van der Waals surface area (Å²) < 4.78 is 5.49. The maximum atomic E-state index is 12.4. The molecule has 1 N–H and O–H groups in total. The number of pyridine rings is 1. The molecule has 2 amide bonds. The van der Waals surface area contributed by atoms with Gasteiger partial charge in [-0.2, -0.15) is 0 Å². The number of anilines is 1. The van der Waals surface area contributed by atoms with Crippen LogP contribution in [0.4, 0.5) is 10.5 Å². The van der Waals surface area contributed by atoms with E-state index in [4.69, 9.17) is 4.74 Å². The molecule has 0 radical (unpaired) electrons. The highest BCUT2D eigenvalue weighted by Gasteiger charge is 2.38. The van der Waals surface area contributed by atoms with E-state index in [1.807, 2.05) is 55.4 Å². The van der Waals surface area contributed by atoms with Crippen molar-refractivity contribution >= 4 is 23.5 Å². The molecule has 0 spiro atoms. The van der Waals surface area contributed by atoms with Crippen LogP contribution in [0.1, 0.15) is 56.4 Å². The van der Waals surface area contributed by atoms with Gasteiger partial charge >= 0.3 is 6.09 Å². The molecule has 1 atom stereocenters. The lowest BCUT2D eigenvalue weighted by molar-refractivity contribution is -0.130. The van der Waals surface area contributed by atoms with E-state index in [2.05, 4.69) is 23.3 Å². The number of carbonyl (C=O) groups is 3. The van der Waals surface area contributed by atoms with E-state index in [0.29, 0.717) is 26.1 Å². The fourth-order valence-electron chi connectivity index (χ4n) is 4.85. The van der Waals surface area contributed by atoms with Gasteiger partial charge in [-0.15, -0.1) is 0 Å². The topological polar surface area (TPSA) is 91.8 Å². The van der Waals surface area contributed by atoms with E-state index >= 15 is 0 Å². The number of amides is 2. The summed E-state index contributed by atoms with van der Waals surface area (Å²) in [5.74, 6) is -0.0391. The first kappa shape index (κ1) is 28.2. The van der Waals surface area contributed by atoms with Crippen molar-refractivity contribution in [1.82, 2.24) is 14.8 Å². The first-order valence-corrected chi connectivity index (χ1v) is 13.2. The number of Topliss-reactive ketones (excluding diaryl/α,β-unsaturated/α-hetero) is 1. The van der Waals surface area contributed by atoms with Crippen LogP contribution in [-0.4, -0.2) is 65.3 Å². The summed E-state index contributed by atoms with van der Waals surface area (Å²) in [5.41, 5.74) is 4.24. The van der Waals surface area contributed by atoms with Gasteiger partial charge < -0.3 is 19.9 Å². The summed E-state index contributed by atoms with van der Waals surface area (Å²) >= 11 is 0. The lowest BCUT2D eigenvalue weighted by Gasteiger charge is -2.36. The Kier molecular flexibility index (Phi) is 10.5. The SMILES string of the molecule is CCCc1ccccn1.CNc1cc(C)cc(COC(=O)N2CCC(N3CC(C(C)=O)CC3=O)CC2)c1. The van der Waals surface area contributed by atoms with Gasteiger partial charge in [0.15, 0.2) is 0 Å². The molecule has 2 aliphatic heterocycles. The molecule has 1 aromatic heterocycles. The Morgan fingerprint density at radius 2 is 1.92 bits per heavy atom. The highest BCUT2D eigenvalue weighted by molar-refractivity contribution is 5.89. The number of nitrogens with one attached hydrogen (secondary N) is 1. The molecule has 200 valence electrons. The van der Waals surface area contributed by atoms with Crippen molar-refractivity contribution in [2.75, 3.05) is 32.0 Å². The third kappa shape index (κ3) is 8.30. The van der Waals surface area contributed by atoms with E-state index in [-0.39, 0.29) is 36.4 Å². The molecule has 37 heavy (non-hydrogen) atoms. The number of aromatic nitrogens is 1. The van der Waals surface area contributed by atoms with Gasteiger partial charge in [-0.1, -0.05) is 25.5 Å². The standard InChI is InChI=1S/C21H29N3O4.C8H11N/c1-14-8-16(10-18(9-14)22-3)13-28-21(27)23-6-4-19(5-7-23)24-12-17(15(2)25)11-20(24)26;1-2-5-8-6-3-4-7-9-8/h8-10,17,19,22H,4-7,11-13H2,1-3H3;3-4,6-7H,2,5H2,1H3. The third-order valence-corrected chi connectivity index (χ3v) is 6.92. The summed E-state index contributed by atoms with van der Waals surface area (Å²) in [5, 5.41) is 3.10. The Balaban J connectivity index is 0.000000356. The van der Waals surface area contributed by atoms with Gasteiger partial charge in [0.25, 0.3) is 0 Å². The van der Waals surface area contributed by atoms with Gasteiger partial charge in [0.1, 0.15) is 12.4 Å². The van der Waals surface area contributed by atoms with Crippen molar-refractivity contribution in [3.05, 3.63) is 59.4 Å². The molecule has 8 nitrogen and oxygen atoms in total. The number of aryl methyl sites for hydroxylation is 2. The second kappa shape index (κ2) is 13.8. The van der Waals surface area contributed by atoms with Crippen molar-refractivity contribution in [2.24, 2.45) is 5.92 Å². The van der Waals surface area contributed by atoms with Crippen LogP contribution in [0.3, 0.4) is 0 Å². The molecule has 2 aliphatic rings. The Hall–Kier alpha value is -3.42. The largest absolute Gasteiger partial charge is 0.445 e. The quantitative estimate of drug-likeness (QED) is 0.587. The van der Waals surface area contributed by atoms with E-state index in [1.54, 1.807) is 11.8 Å². The normalized spacial score (nSPS) is 17.7. The second-order valence-corrected chi connectivity index (χ2v) is 9.86. The summed E-state index contributed by atoms with van der Waals surface area (Å²) in [6.07, 6.45) is 5.56. The zero-order valence-electron chi connectivity index (χ0n) is 22.5. The average Bonchev–Trinajstić information content (AvgIpc) is 3.30. The molecule has 2 fully saturated rings. The Morgan fingerprint density at radius 1 is 1.16 bits per heavy atom. The fraction of sp³-hybridized carbons (Fsp3) is 0.517. The molecule has 1 unspecified atom stereocenters. The van der Waals surface area contributed by atoms with Crippen LogP contribution >= 0.6 is 0 Å². The van der Waals surface area contributed by atoms with Crippen LogP contribution in [0.25, 0.3) is 0 Å². The minimum atomic E-state index is -0.319. The van der Waals surface area contributed by atoms with Gasteiger partial charge in [-0.05, 0) is 68.5 Å². The number of ether oxygens (including phenoxy) is 1. The van der Waals surface area contributed by atoms with Gasteiger partial charge in [-0.25, -0.2) is 4.79 Å². The number of nitrogens with zero attached hydrogens (tertiary/aromatic N) is 3. The van der Waals surface area contributed by atoms with Crippen LogP contribution in [-0.2, 0) is 27.4 Å². The Labute approximate surface area is 220 Å². The zero-order chi connectivity index (χ0) is 26.8. The van der Waals surface area contributed by atoms with E-state index in [9.17, 15) is 14.4 Å². The van der Waals surface area contributed by atoms with E-state index in [0.717, 1.165) is 36.1 Å². The predicted octanol–water partition coefficient (Wildman–Crippen LogP) is 4.61. The highest BCUT2D eigenvalue weighted by atomic mass is 16.6. The van der Waals surface area contributed by atoms with E-state index in [1.165, 1.54) is 12.1 Å². The number of ketones is 1. The molecule has 8 heteroatoms. The minimum absolute atomic E-state index is 0.0565. The maximum Gasteiger partial charge on any atom is 0.410 e. The number of hydrogen-bond acceptors (Lipinski definition) is 6. The first-order chi connectivity index (χ1) is 17.8. The van der Waals surface area contributed by atoms with Crippen molar-refractivity contribution in [3.8, 4) is 0 Å². The maximum absolute atomic E-state index is 12.4. The molecule has 0 bridgehead atoms.